The highest BCUT2D eigenvalue weighted by molar-refractivity contribution is 5.25. The van der Waals surface area contributed by atoms with Crippen LogP contribution in [0, 0.1) is 12.8 Å². The molecule has 76 valence electrons. The predicted molar refractivity (Wildman–Crippen MR) is 52.7 cm³/mol. The third-order valence-electron chi connectivity index (χ3n) is 2.73. The number of nitrogens with one attached hydrogen (secondary N) is 1. The second-order valence-corrected chi connectivity index (χ2v) is 3.89. The quantitative estimate of drug-likeness (QED) is 0.769. The van der Waals surface area contributed by atoms with Gasteiger partial charge in [0.05, 0.1) is 12.8 Å². The Morgan fingerprint density at radius 1 is 1.57 bits per heavy atom. The van der Waals surface area contributed by atoms with E-state index in [0.717, 1.165) is 12.2 Å². The van der Waals surface area contributed by atoms with E-state index in [-0.39, 0.29) is 5.56 Å². The summed E-state index contributed by atoms with van der Waals surface area (Å²) in [5, 5.41) is 0. The average Bonchev–Trinajstić information content (AvgIpc) is 2.82. The van der Waals surface area contributed by atoms with Crippen LogP contribution in [0.1, 0.15) is 30.8 Å². The van der Waals surface area contributed by atoms with Gasteiger partial charge in [-0.3, -0.25) is 4.79 Å². The Morgan fingerprint density at radius 2 is 2.21 bits per heavy atom. The summed E-state index contributed by atoms with van der Waals surface area (Å²) in [6.07, 6.45) is 1.12. The fourth-order valence-electron chi connectivity index (χ4n) is 1.72. The summed E-state index contributed by atoms with van der Waals surface area (Å²) in [5.74, 6) is 2.21. The highest BCUT2D eigenvalue weighted by Gasteiger charge is 2.36. The lowest BCUT2D eigenvalue weighted by atomic mass is 10.3. The van der Waals surface area contributed by atoms with Gasteiger partial charge in [0.2, 0.25) is 5.75 Å². The lowest BCUT2D eigenvalue weighted by molar-refractivity contribution is 0.401. The molecule has 1 aromatic heterocycles. The van der Waals surface area contributed by atoms with Gasteiger partial charge in [-0.15, -0.1) is 0 Å². The monoisotopic (exact) mass is 194 g/mol. The summed E-state index contributed by atoms with van der Waals surface area (Å²) >= 11 is 0. The normalized spacial score (nSPS) is 24.8. The van der Waals surface area contributed by atoms with Crippen molar-refractivity contribution >= 4 is 0 Å². The molecule has 0 amide bonds. The molecule has 4 nitrogen and oxygen atoms in total. The molecule has 2 atom stereocenters. The summed E-state index contributed by atoms with van der Waals surface area (Å²) < 4.78 is 4.95. The molecule has 0 aromatic carbocycles. The summed E-state index contributed by atoms with van der Waals surface area (Å²) in [5.41, 5.74) is 0.499. The predicted octanol–water partition coefficient (Wildman–Crippen LogP) is 1.21. The van der Waals surface area contributed by atoms with E-state index in [9.17, 15) is 4.79 Å². The SMILES string of the molecule is COc1c(C)nc(C2CC2C)[nH]c1=O. The number of hydrogen-bond donors (Lipinski definition) is 1. The molecule has 0 aliphatic heterocycles. The van der Waals surface area contributed by atoms with Crippen molar-refractivity contribution < 1.29 is 4.74 Å². The van der Waals surface area contributed by atoms with E-state index < -0.39 is 0 Å². The maximum atomic E-state index is 11.5. The molecule has 1 N–H and O–H groups in total. The van der Waals surface area contributed by atoms with E-state index in [1.165, 1.54) is 7.11 Å². The molecular weight excluding hydrogens is 180 g/mol. The Labute approximate surface area is 82.3 Å². The van der Waals surface area contributed by atoms with Crippen molar-refractivity contribution in [3.05, 3.63) is 21.9 Å². The van der Waals surface area contributed by atoms with Crippen molar-refractivity contribution in [2.24, 2.45) is 5.92 Å². The first kappa shape index (κ1) is 9.24. The Morgan fingerprint density at radius 3 is 2.64 bits per heavy atom. The van der Waals surface area contributed by atoms with Crippen molar-refractivity contribution in [3.8, 4) is 5.75 Å². The molecule has 0 bridgehead atoms. The number of aromatic amines is 1. The van der Waals surface area contributed by atoms with Gasteiger partial charge in [0.15, 0.2) is 0 Å². The molecule has 0 spiro atoms. The van der Waals surface area contributed by atoms with Crippen LogP contribution in [0.4, 0.5) is 0 Å². The van der Waals surface area contributed by atoms with Gasteiger partial charge in [0, 0.05) is 5.92 Å². The fourth-order valence-corrected chi connectivity index (χ4v) is 1.72. The van der Waals surface area contributed by atoms with Crippen molar-refractivity contribution in [1.82, 2.24) is 9.97 Å². The number of methoxy groups -OCH3 is 1. The Kier molecular flexibility index (Phi) is 2.06. The molecule has 1 fully saturated rings. The zero-order valence-electron chi connectivity index (χ0n) is 8.63. The van der Waals surface area contributed by atoms with Gasteiger partial charge in [-0.1, -0.05) is 6.92 Å². The van der Waals surface area contributed by atoms with E-state index in [2.05, 4.69) is 16.9 Å². The first-order valence-corrected chi connectivity index (χ1v) is 4.78. The van der Waals surface area contributed by atoms with Crippen LogP contribution < -0.4 is 10.3 Å². The van der Waals surface area contributed by atoms with Gasteiger partial charge in [-0.25, -0.2) is 4.98 Å². The third-order valence-corrected chi connectivity index (χ3v) is 2.73. The minimum absolute atomic E-state index is 0.172. The maximum absolute atomic E-state index is 11.5. The van der Waals surface area contributed by atoms with Gasteiger partial charge in [-0.05, 0) is 19.3 Å². The summed E-state index contributed by atoms with van der Waals surface area (Å²) in [4.78, 5) is 18.6. The van der Waals surface area contributed by atoms with Crippen LogP contribution >= 0.6 is 0 Å². The average molecular weight is 194 g/mol. The van der Waals surface area contributed by atoms with Crippen LogP contribution in [0.25, 0.3) is 0 Å². The first-order valence-electron chi connectivity index (χ1n) is 4.78. The van der Waals surface area contributed by atoms with Crippen molar-refractivity contribution in [3.63, 3.8) is 0 Å². The van der Waals surface area contributed by atoms with Crippen LogP contribution in [0.3, 0.4) is 0 Å². The standard InChI is InChI=1S/C10H14N2O2/c1-5-4-7(5)9-11-6(2)8(14-3)10(13)12-9/h5,7H,4H2,1-3H3,(H,11,12,13). The van der Waals surface area contributed by atoms with Crippen molar-refractivity contribution in [2.45, 2.75) is 26.2 Å². The molecule has 1 saturated carbocycles. The van der Waals surface area contributed by atoms with Gasteiger partial charge in [0.25, 0.3) is 5.56 Å². The largest absolute Gasteiger partial charge is 0.490 e. The van der Waals surface area contributed by atoms with E-state index in [1.807, 2.05) is 0 Å². The number of hydrogen-bond acceptors (Lipinski definition) is 3. The van der Waals surface area contributed by atoms with Crippen LogP contribution in [0.5, 0.6) is 5.75 Å². The molecule has 1 aliphatic rings. The minimum atomic E-state index is -0.172. The number of H-pyrrole nitrogens is 1. The summed E-state index contributed by atoms with van der Waals surface area (Å²) in [7, 11) is 1.48. The van der Waals surface area contributed by atoms with Crippen LogP contribution in [0.15, 0.2) is 4.79 Å². The van der Waals surface area contributed by atoms with Crippen LogP contribution in [-0.2, 0) is 0 Å². The van der Waals surface area contributed by atoms with E-state index in [4.69, 9.17) is 4.74 Å². The lowest BCUT2D eigenvalue weighted by Gasteiger charge is -2.04. The smallest absolute Gasteiger partial charge is 0.293 e. The van der Waals surface area contributed by atoms with Crippen LogP contribution in [-0.4, -0.2) is 17.1 Å². The number of nitrogens with zero attached hydrogens (tertiary/aromatic N) is 1. The Balaban J connectivity index is 2.42. The van der Waals surface area contributed by atoms with Gasteiger partial charge < -0.3 is 9.72 Å². The van der Waals surface area contributed by atoms with E-state index >= 15 is 0 Å². The second kappa shape index (κ2) is 3.12. The summed E-state index contributed by atoms with van der Waals surface area (Å²) in [6.45, 7) is 3.95. The van der Waals surface area contributed by atoms with Crippen LogP contribution in [0.2, 0.25) is 0 Å². The molecule has 14 heavy (non-hydrogen) atoms. The van der Waals surface area contributed by atoms with Gasteiger partial charge >= 0.3 is 0 Å². The molecular formula is C10H14N2O2. The maximum Gasteiger partial charge on any atom is 0.293 e. The Hall–Kier alpha value is -1.32. The highest BCUT2D eigenvalue weighted by atomic mass is 16.5. The zero-order valence-corrected chi connectivity index (χ0v) is 8.63. The van der Waals surface area contributed by atoms with Crippen molar-refractivity contribution in [2.75, 3.05) is 7.11 Å². The second-order valence-electron chi connectivity index (χ2n) is 3.89. The number of aryl methyl sites for hydroxylation is 1. The molecule has 0 radical (unpaired) electrons. The summed E-state index contributed by atoms with van der Waals surface area (Å²) in [6, 6.07) is 0. The molecule has 4 heteroatoms. The van der Waals surface area contributed by atoms with Gasteiger partial charge in [0.1, 0.15) is 5.82 Å². The molecule has 1 aromatic rings. The van der Waals surface area contributed by atoms with Gasteiger partial charge in [-0.2, -0.15) is 0 Å². The molecule has 2 rings (SSSR count). The molecule has 1 aliphatic carbocycles. The number of ether oxygens (including phenoxy) is 1. The van der Waals surface area contributed by atoms with E-state index in [1.54, 1.807) is 6.92 Å². The molecule has 2 unspecified atom stereocenters. The minimum Gasteiger partial charge on any atom is -0.490 e. The zero-order chi connectivity index (χ0) is 10.3. The molecule has 0 saturated heterocycles. The van der Waals surface area contributed by atoms with E-state index in [0.29, 0.717) is 23.3 Å². The molecule has 1 heterocycles. The first-order chi connectivity index (χ1) is 6.63. The third kappa shape index (κ3) is 1.41. The Bertz CT molecular complexity index is 411. The number of rotatable bonds is 2. The highest BCUT2D eigenvalue weighted by Crippen LogP contribution is 2.45. The fraction of sp³-hybridized carbons (Fsp3) is 0.600. The topological polar surface area (TPSA) is 55.0 Å². The van der Waals surface area contributed by atoms with Crippen molar-refractivity contribution in [1.29, 1.82) is 0 Å². The lowest BCUT2D eigenvalue weighted by Crippen LogP contribution is -2.15. The number of aromatic nitrogens is 2.